The van der Waals surface area contributed by atoms with Crippen LogP contribution in [0.5, 0.6) is 0 Å². The topological polar surface area (TPSA) is 38.1 Å². The van der Waals surface area contributed by atoms with Gasteiger partial charge in [0, 0.05) is 10.9 Å². The van der Waals surface area contributed by atoms with Crippen LogP contribution >= 0.6 is 11.3 Å². The third-order valence-electron chi connectivity index (χ3n) is 3.55. The summed E-state index contributed by atoms with van der Waals surface area (Å²) in [6.07, 6.45) is 1.72. The smallest absolute Gasteiger partial charge is 0.125 e. The Bertz CT molecular complexity index is 676. The van der Waals surface area contributed by atoms with Crippen molar-refractivity contribution >= 4 is 11.3 Å². The van der Waals surface area contributed by atoms with Crippen LogP contribution in [0.3, 0.4) is 0 Å². The minimum Gasteiger partial charge on any atom is -0.467 e. The molecule has 4 heteroatoms. The molecular formula is C17H18N2OS. The van der Waals surface area contributed by atoms with Crippen LogP contribution in [0.4, 0.5) is 0 Å². The van der Waals surface area contributed by atoms with Crippen molar-refractivity contribution in [2.24, 2.45) is 0 Å². The largest absolute Gasteiger partial charge is 0.467 e. The lowest BCUT2D eigenvalue weighted by Crippen LogP contribution is -2.25. The monoisotopic (exact) mass is 298 g/mol. The Morgan fingerprint density at radius 1 is 1.14 bits per heavy atom. The first kappa shape index (κ1) is 14.0. The van der Waals surface area contributed by atoms with Gasteiger partial charge in [0.1, 0.15) is 5.76 Å². The zero-order valence-electron chi connectivity index (χ0n) is 12.1. The van der Waals surface area contributed by atoms with Gasteiger partial charge in [0.2, 0.25) is 0 Å². The Morgan fingerprint density at radius 3 is 2.57 bits per heavy atom. The maximum atomic E-state index is 5.62. The Labute approximate surface area is 128 Å². The van der Waals surface area contributed by atoms with Crippen LogP contribution in [-0.2, 0) is 0 Å². The second-order valence-electron chi connectivity index (χ2n) is 5.05. The van der Waals surface area contributed by atoms with Gasteiger partial charge in [-0.05, 0) is 31.5 Å². The highest BCUT2D eigenvalue weighted by Crippen LogP contribution is 2.28. The maximum absolute atomic E-state index is 5.62. The molecule has 0 bridgehead atoms. The SMILES string of the molecule is Cc1ncsc1C(C)NC(c1ccccc1)c1ccco1. The van der Waals surface area contributed by atoms with E-state index in [1.54, 1.807) is 17.6 Å². The highest BCUT2D eigenvalue weighted by atomic mass is 32.1. The van der Waals surface area contributed by atoms with E-state index in [0.29, 0.717) is 0 Å². The number of nitrogens with zero attached hydrogens (tertiary/aromatic N) is 1. The molecule has 0 aliphatic rings. The highest BCUT2D eigenvalue weighted by molar-refractivity contribution is 7.09. The van der Waals surface area contributed by atoms with E-state index in [9.17, 15) is 0 Å². The molecule has 2 unspecified atom stereocenters. The van der Waals surface area contributed by atoms with Gasteiger partial charge in [0.25, 0.3) is 0 Å². The second kappa shape index (κ2) is 6.24. The third kappa shape index (κ3) is 3.06. The van der Waals surface area contributed by atoms with Crippen LogP contribution < -0.4 is 5.32 Å². The van der Waals surface area contributed by atoms with Crippen LogP contribution in [-0.4, -0.2) is 4.98 Å². The normalized spacial score (nSPS) is 14.0. The van der Waals surface area contributed by atoms with E-state index in [1.807, 2.05) is 23.7 Å². The molecule has 108 valence electrons. The van der Waals surface area contributed by atoms with Gasteiger partial charge >= 0.3 is 0 Å². The molecular weight excluding hydrogens is 280 g/mol. The number of aryl methyl sites for hydroxylation is 1. The summed E-state index contributed by atoms with van der Waals surface area (Å²) in [5.74, 6) is 0.926. The average molecular weight is 298 g/mol. The number of furan rings is 1. The van der Waals surface area contributed by atoms with Crippen molar-refractivity contribution < 1.29 is 4.42 Å². The summed E-state index contributed by atoms with van der Waals surface area (Å²) in [6, 6.07) is 14.6. The fourth-order valence-electron chi connectivity index (χ4n) is 2.50. The highest BCUT2D eigenvalue weighted by Gasteiger charge is 2.21. The molecule has 0 radical (unpaired) electrons. The quantitative estimate of drug-likeness (QED) is 0.754. The summed E-state index contributed by atoms with van der Waals surface area (Å²) in [7, 11) is 0. The molecule has 0 amide bonds. The van der Waals surface area contributed by atoms with Crippen LogP contribution in [0, 0.1) is 6.92 Å². The van der Waals surface area contributed by atoms with E-state index < -0.39 is 0 Å². The molecule has 2 aromatic heterocycles. The first-order valence-corrected chi connectivity index (χ1v) is 7.88. The van der Waals surface area contributed by atoms with Crippen molar-refractivity contribution in [3.63, 3.8) is 0 Å². The van der Waals surface area contributed by atoms with Crippen LogP contribution in [0.1, 0.15) is 40.9 Å². The molecule has 1 aromatic carbocycles. The van der Waals surface area contributed by atoms with Crippen LogP contribution in [0.25, 0.3) is 0 Å². The molecule has 2 atom stereocenters. The predicted octanol–water partition coefficient (Wildman–Crippen LogP) is 4.48. The van der Waals surface area contributed by atoms with Crippen molar-refractivity contribution in [1.29, 1.82) is 0 Å². The van der Waals surface area contributed by atoms with E-state index in [0.717, 1.165) is 11.5 Å². The Balaban J connectivity index is 1.89. The molecule has 0 fully saturated rings. The summed E-state index contributed by atoms with van der Waals surface area (Å²) in [6.45, 7) is 4.22. The number of rotatable bonds is 5. The number of aromatic nitrogens is 1. The number of benzene rings is 1. The lowest BCUT2D eigenvalue weighted by molar-refractivity contribution is 0.420. The van der Waals surface area contributed by atoms with Crippen molar-refractivity contribution in [2.45, 2.75) is 25.9 Å². The minimum absolute atomic E-state index is 0.0395. The molecule has 1 N–H and O–H groups in total. The van der Waals surface area contributed by atoms with Crippen molar-refractivity contribution in [3.8, 4) is 0 Å². The zero-order chi connectivity index (χ0) is 14.7. The molecule has 0 saturated heterocycles. The molecule has 3 aromatic rings. The lowest BCUT2D eigenvalue weighted by Gasteiger charge is -2.22. The zero-order valence-corrected chi connectivity index (χ0v) is 12.9. The number of nitrogens with one attached hydrogen (secondary N) is 1. The molecule has 3 rings (SSSR count). The van der Waals surface area contributed by atoms with E-state index >= 15 is 0 Å². The summed E-state index contributed by atoms with van der Waals surface area (Å²) in [5, 5.41) is 3.66. The van der Waals surface area contributed by atoms with Crippen LogP contribution in [0.2, 0.25) is 0 Å². The van der Waals surface area contributed by atoms with Gasteiger partial charge in [-0.15, -0.1) is 11.3 Å². The molecule has 2 heterocycles. The molecule has 0 spiro atoms. The second-order valence-corrected chi connectivity index (χ2v) is 5.94. The van der Waals surface area contributed by atoms with E-state index in [2.05, 4.69) is 48.4 Å². The van der Waals surface area contributed by atoms with E-state index in [1.165, 1.54) is 10.4 Å². The lowest BCUT2D eigenvalue weighted by atomic mass is 10.0. The summed E-state index contributed by atoms with van der Waals surface area (Å²) < 4.78 is 5.62. The van der Waals surface area contributed by atoms with Crippen molar-refractivity contribution in [2.75, 3.05) is 0 Å². The summed E-state index contributed by atoms with van der Waals surface area (Å²) in [5.41, 5.74) is 4.18. The van der Waals surface area contributed by atoms with Crippen LogP contribution in [0.15, 0.2) is 58.7 Å². The van der Waals surface area contributed by atoms with Gasteiger partial charge in [0.15, 0.2) is 0 Å². The number of hydrogen-bond donors (Lipinski definition) is 1. The first-order chi connectivity index (χ1) is 10.3. The maximum Gasteiger partial charge on any atom is 0.125 e. The molecule has 0 saturated carbocycles. The van der Waals surface area contributed by atoms with Gasteiger partial charge < -0.3 is 4.42 Å². The van der Waals surface area contributed by atoms with Gasteiger partial charge in [0.05, 0.1) is 23.5 Å². The Morgan fingerprint density at radius 2 is 1.95 bits per heavy atom. The molecule has 21 heavy (non-hydrogen) atoms. The third-order valence-corrected chi connectivity index (χ3v) is 4.67. The van der Waals surface area contributed by atoms with Gasteiger partial charge in [-0.1, -0.05) is 30.3 Å². The molecule has 0 aliphatic heterocycles. The average Bonchev–Trinajstić information content (AvgIpc) is 3.17. The predicted molar refractivity (Wildman–Crippen MR) is 85.4 cm³/mol. The van der Waals surface area contributed by atoms with E-state index in [-0.39, 0.29) is 12.1 Å². The van der Waals surface area contributed by atoms with Gasteiger partial charge in [-0.25, -0.2) is 4.98 Å². The summed E-state index contributed by atoms with van der Waals surface area (Å²) in [4.78, 5) is 5.60. The minimum atomic E-state index is 0.0395. The van der Waals surface area contributed by atoms with Crippen molar-refractivity contribution in [1.82, 2.24) is 10.3 Å². The van der Waals surface area contributed by atoms with Gasteiger partial charge in [-0.3, -0.25) is 5.32 Å². The number of thiazole rings is 1. The molecule has 0 aliphatic carbocycles. The molecule has 3 nitrogen and oxygen atoms in total. The fourth-order valence-corrected chi connectivity index (χ4v) is 3.32. The standard InChI is InChI=1S/C17H18N2OS/c1-12-17(21-11-18-12)13(2)19-16(15-9-6-10-20-15)14-7-4-3-5-8-14/h3-11,13,16,19H,1-2H3. The summed E-state index contributed by atoms with van der Waals surface area (Å²) >= 11 is 1.69. The van der Waals surface area contributed by atoms with Crippen molar-refractivity contribution in [3.05, 3.63) is 76.1 Å². The Kier molecular flexibility index (Phi) is 4.18. The fraction of sp³-hybridized carbons (Fsp3) is 0.235. The Hall–Kier alpha value is -1.91. The van der Waals surface area contributed by atoms with Gasteiger partial charge in [-0.2, -0.15) is 0 Å². The van der Waals surface area contributed by atoms with E-state index in [4.69, 9.17) is 4.42 Å². The first-order valence-electron chi connectivity index (χ1n) is 7.00. The number of hydrogen-bond acceptors (Lipinski definition) is 4.